The van der Waals surface area contributed by atoms with Crippen molar-refractivity contribution in [3.63, 3.8) is 0 Å². The molecule has 0 aliphatic carbocycles. The molecule has 0 radical (unpaired) electrons. The molecule has 1 aromatic heterocycles. The summed E-state index contributed by atoms with van der Waals surface area (Å²) in [5, 5.41) is 3.30. The molecule has 0 spiro atoms. The van der Waals surface area contributed by atoms with Crippen LogP contribution in [0.1, 0.15) is 5.76 Å². The van der Waals surface area contributed by atoms with E-state index in [9.17, 15) is 0 Å². The third-order valence-corrected chi connectivity index (χ3v) is 4.65. The highest BCUT2D eigenvalue weighted by atomic mass is 79.9. The summed E-state index contributed by atoms with van der Waals surface area (Å²) >= 11 is 6.71. The Labute approximate surface area is 133 Å². The molecule has 1 aliphatic rings. The lowest BCUT2D eigenvalue weighted by Gasteiger charge is -2.26. The first-order chi connectivity index (χ1) is 9.72. The van der Waals surface area contributed by atoms with Crippen LogP contribution < -0.4 is 14.8 Å². The van der Waals surface area contributed by atoms with E-state index >= 15 is 0 Å². The van der Waals surface area contributed by atoms with E-state index in [-0.39, 0.29) is 6.10 Å². The molecule has 0 saturated heterocycles. The standard InChI is InChI=1S/C14H13Br2NO3/c15-11-5-9(20-14(11)16)6-17-7-10-8-18-12-3-1-2-4-13(12)19-10/h1-5,10,17H,6-8H2. The molecule has 0 bridgehead atoms. The van der Waals surface area contributed by atoms with E-state index in [4.69, 9.17) is 13.9 Å². The number of fused-ring (bicyclic) bond motifs is 1. The molecule has 3 rings (SSSR count). The van der Waals surface area contributed by atoms with Crippen LogP contribution in [0.25, 0.3) is 0 Å². The van der Waals surface area contributed by atoms with E-state index in [2.05, 4.69) is 37.2 Å². The molecular weight excluding hydrogens is 390 g/mol. The second-order valence-electron chi connectivity index (χ2n) is 4.46. The molecule has 1 aromatic carbocycles. The Bertz CT molecular complexity index is 580. The molecule has 6 heteroatoms. The molecule has 1 N–H and O–H groups in total. The van der Waals surface area contributed by atoms with Crippen molar-refractivity contribution in [2.24, 2.45) is 0 Å². The zero-order chi connectivity index (χ0) is 13.9. The summed E-state index contributed by atoms with van der Waals surface area (Å²) in [7, 11) is 0. The summed E-state index contributed by atoms with van der Waals surface area (Å²) in [5.74, 6) is 2.47. The number of para-hydroxylation sites is 2. The highest BCUT2D eigenvalue weighted by molar-refractivity contribution is 9.13. The predicted octanol–water partition coefficient (Wildman–Crippen LogP) is 3.73. The van der Waals surface area contributed by atoms with Crippen molar-refractivity contribution in [2.45, 2.75) is 12.6 Å². The van der Waals surface area contributed by atoms with Crippen LogP contribution in [0.4, 0.5) is 0 Å². The SMILES string of the molecule is Brc1cc(CNCC2COc3ccccc3O2)oc1Br. The molecule has 2 heterocycles. The van der Waals surface area contributed by atoms with Crippen LogP contribution in [0.15, 0.2) is 43.9 Å². The number of hydrogen-bond donors (Lipinski definition) is 1. The highest BCUT2D eigenvalue weighted by Gasteiger charge is 2.20. The van der Waals surface area contributed by atoms with Gasteiger partial charge in [-0.3, -0.25) is 0 Å². The Morgan fingerprint density at radius 2 is 2.00 bits per heavy atom. The fraction of sp³-hybridized carbons (Fsp3) is 0.286. The van der Waals surface area contributed by atoms with Gasteiger partial charge in [0.2, 0.25) is 0 Å². The van der Waals surface area contributed by atoms with Crippen molar-refractivity contribution >= 4 is 31.9 Å². The highest BCUT2D eigenvalue weighted by Crippen LogP contribution is 2.30. The number of rotatable bonds is 4. The monoisotopic (exact) mass is 401 g/mol. The second-order valence-corrected chi connectivity index (χ2v) is 6.04. The first-order valence-corrected chi connectivity index (χ1v) is 7.84. The number of furan rings is 1. The van der Waals surface area contributed by atoms with Gasteiger partial charge >= 0.3 is 0 Å². The number of hydrogen-bond acceptors (Lipinski definition) is 4. The number of halogens is 2. The van der Waals surface area contributed by atoms with Crippen LogP contribution in [-0.4, -0.2) is 19.3 Å². The lowest BCUT2D eigenvalue weighted by atomic mass is 10.2. The van der Waals surface area contributed by atoms with Gasteiger partial charge in [-0.25, -0.2) is 0 Å². The van der Waals surface area contributed by atoms with Gasteiger partial charge in [0, 0.05) is 6.54 Å². The van der Waals surface area contributed by atoms with Crippen molar-refractivity contribution in [3.8, 4) is 11.5 Å². The largest absolute Gasteiger partial charge is 0.486 e. The molecule has 0 amide bonds. The van der Waals surface area contributed by atoms with E-state index in [1.807, 2.05) is 30.3 Å². The van der Waals surface area contributed by atoms with Crippen molar-refractivity contribution < 1.29 is 13.9 Å². The van der Waals surface area contributed by atoms with E-state index in [1.165, 1.54) is 0 Å². The van der Waals surface area contributed by atoms with Crippen molar-refractivity contribution in [2.75, 3.05) is 13.2 Å². The molecule has 4 nitrogen and oxygen atoms in total. The second kappa shape index (κ2) is 6.20. The predicted molar refractivity (Wildman–Crippen MR) is 82.2 cm³/mol. The molecular formula is C14H13Br2NO3. The quantitative estimate of drug-likeness (QED) is 0.846. The Morgan fingerprint density at radius 3 is 2.75 bits per heavy atom. The summed E-state index contributed by atoms with van der Waals surface area (Å²) in [4.78, 5) is 0. The van der Waals surface area contributed by atoms with Crippen molar-refractivity contribution in [1.29, 1.82) is 0 Å². The third-order valence-electron chi connectivity index (χ3n) is 2.93. The van der Waals surface area contributed by atoms with Crippen molar-refractivity contribution in [1.82, 2.24) is 5.32 Å². The molecule has 1 atom stereocenters. The van der Waals surface area contributed by atoms with Gasteiger partial charge in [-0.05, 0) is 50.1 Å². The molecule has 20 heavy (non-hydrogen) atoms. The maximum absolute atomic E-state index is 5.86. The minimum atomic E-state index is 0.00624. The third kappa shape index (κ3) is 3.19. The van der Waals surface area contributed by atoms with Crippen LogP contribution in [-0.2, 0) is 6.54 Å². The summed E-state index contributed by atoms with van der Waals surface area (Å²) in [6.07, 6.45) is 0.00624. The summed E-state index contributed by atoms with van der Waals surface area (Å²) in [5.41, 5.74) is 0. The Kier molecular flexibility index (Phi) is 4.33. The average Bonchev–Trinajstić information content (AvgIpc) is 2.77. The van der Waals surface area contributed by atoms with Gasteiger partial charge in [0.05, 0.1) is 11.0 Å². The Balaban J connectivity index is 1.50. The normalized spacial score (nSPS) is 17.2. The fourth-order valence-corrected chi connectivity index (χ4v) is 2.66. The van der Waals surface area contributed by atoms with Gasteiger partial charge < -0.3 is 19.2 Å². The lowest BCUT2D eigenvalue weighted by molar-refractivity contribution is 0.0898. The molecule has 106 valence electrons. The first kappa shape index (κ1) is 14.0. The first-order valence-electron chi connectivity index (χ1n) is 6.25. The molecule has 0 fully saturated rings. The maximum atomic E-state index is 5.86. The van der Waals surface area contributed by atoms with Crippen molar-refractivity contribution in [3.05, 3.63) is 45.2 Å². The summed E-state index contributed by atoms with van der Waals surface area (Å²) < 4.78 is 18.6. The van der Waals surface area contributed by atoms with Gasteiger partial charge in [-0.1, -0.05) is 12.1 Å². The Hall–Kier alpha value is -0.980. The van der Waals surface area contributed by atoms with Crippen LogP contribution in [0.3, 0.4) is 0 Å². The molecule has 1 unspecified atom stereocenters. The number of ether oxygens (including phenoxy) is 2. The zero-order valence-corrected chi connectivity index (χ0v) is 13.7. The molecule has 0 saturated carbocycles. The topological polar surface area (TPSA) is 43.6 Å². The summed E-state index contributed by atoms with van der Waals surface area (Å²) in [6.45, 7) is 1.89. The fourth-order valence-electron chi connectivity index (χ4n) is 2.00. The van der Waals surface area contributed by atoms with Crippen LogP contribution in [0, 0.1) is 0 Å². The van der Waals surface area contributed by atoms with E-state index in [0.29, 0.717) is 24.4 Å². The smallest absolute Gasteiger partial charge is 0.183 e. The van der Waals surface area contributed by atoms with Gasteiger partial charge in [-0.2, -0.15) is 0 Å². The van der Waals surface area contributed by atoms with Crippen LogP contribution in [0.5, 0.6) is 11.5 Å². The minimum Gasteiger partial charge on any atom is -0.486 e. The zero-order valence-electron chi connectivity index (χ0n) is 10.6. The van der Waals surface area contributed by atoms with Gasteiger partial charge in [0.15, 0.2) is 16.2 Å². The summed E-state index contributed by atoms with van der Waals surface area (Å²) in [6, 6.07) is 9.65. The van der Waals surface area contributed by atoms with Crippen LogP contribution in [0.2, 0.25) is 0 Å². The Morgan fingerprint density at radius 1 is 1.20 bits per heavy atom. The lowest BCUT2D eigenvalue weighted by Crippen LogP contribution is -2.38. The van der Waals surface area contributed by atoms with E-state index in [1.54, 1.807) is 0 Å². The average molecular weight is 403 g/mol. The van der Waals surface area contributed by atoms with E-state index < -0.39 is 0 Å². The number of benzene rings is 1. The number of nitrogens with one attached hydrogen (secondary N) is 1. The minimum absolute atomic E-state index is 0.00624. The van der Waals surface area contributed by atoms with Gasteiger partial charge in [0.25, 0.3) is 0 Å². The maximum Gasteiger partial charge on any atom is 0.183 e. The van der Waals surface area contributed by atoms with E-state index in [0.717, 1.165) is 21.7 Å². The molecule has 2 aromatic rings. The van der Waals surface area contributed by atoms with Gasteiger partial charge in [-0.15, -0.1) is 0 Å². The molecule has 1 aliphatic heterocycles. The van der Waals surface area contributed by atoms with Gasteiger partial charge in [0.1, 0.15) is 18.5 Å². The van der Waals surface area contributed by atoms with Crippen LogP contribution >= 0.6 is 31.9 Å².